The maximum Gasteiger partial charge on any atom is 0.407 e. The highest BCUT2D eigenvalue weighted by Gasteiger charge is 2.22. The Labute approximate surface area is 138 Å². The minimum absolute atomic E-state index is 0.204. The van der Waals surface area contributed by atoms with E-state index in [1.54, 1.807) is 13.8 Å². The minimum atomic E-state index is -0.640. The Balaban J connectivity index is 2.44. The largest absolute Gasteiger partial charge is 0.450 e. The predicted octanol–water partition coefficient (Wildman–Crippen LogP) is 2.27. The Morgan fingerprint density at radius 2 is 2.09 bits per heavy atom. The van der Waals surface area contributed by atoms with Crippen molar-refractivity contribution in [2.75, 3.05) is 13.2 Å². The van der Waals surface area contributed by atoms with Gasteiger partial charge in [-0.05, 0) is 36.2 Å². The molecule has 2 amide bonds. The standard InChI is InChI=1S/C14H21BrN4O3/c1-4-5-6-22-13(21)19-14(2,3)9-17-12(20)10-7-16-8-11(15)18-10/h7-8H,4-6,9H2,1-3H3,(H,17,20)(H,19,21). The summed E-state index contributed by atoms with van der Waals surface area (Å²) < 4.78 is 5.52. The van der Waals surface area contributed by atoms with Gasteiger partial charge in [-0.15, -0.1) is 0 Å². The number of hydrogen-bond acceptors (Lipinski definition) is 5. The molecule has 1 aromatic rings. The number of carbonyl (C=O) groups excluding carboxylic acids is 2. The summed E-state index contributed by atoms with van der Waals surface area (Å²) in [6, 6.07) is 0. The van der Waals surface area contributed by atoms with Gasteiger partial charge in [-0.1, -0.05) is 13.3 Å². The van der Waals surface area contributed by atoms with Crippen molar-refractivity contribution in [3.8, 4) is 0 Å². The molecule has 122 valence electrons. The zero-order valence-corrected chi connectivity index (χ0v) is 14.6. The van der Waals surface area contributed by atoms with Crippen molar-refractivity contribution in [1.29, 1.82) is 0 Å². The lowest BCUT2D eigenvalue weighted by Gasteiger charge is -2.26. The van der Waals surface area contributed by atoms with E-state index in [1.807, 2.05) is 6.92 Å². The molecular formula is C14H21BrN4O3. The van der Waals surface area contributed by atoms with Crippen molar-refractivity contribution in [2.24, 2.45) is 0 Å². The first-order valence-electron chi connectivity index (χ1n) is 7.05. The van der Waals surface area contributed by atoms with Crippen LogP contribution in [0.5, 0.6) is 0 Å². The van der Waals surface area contributed by atoms with Crippen LogP contribution in [0.15, 0.2) is 17.0 Å². The van der Waals surface area contributed by atoms with Crippen LogP contribution in [0.1, 0.15) is 44.1 Å². The number of ether oxygens (including phenoxy) is 1. The van der Waals surface area contributed by atoms with Crippen molar-refractivity contribution in [3.05, 3.63) is 22.7 Å². The van der Waals surface area contributed by atoms with Crippen LogP contribution in [0.25, 0.3) is 0 Å². The highest BCUT2D eigenvalue weighted by molar-refractivity contribution is 9.10. The molecule has 1 heterocycles. The molecule has 0 radical (unpaired) electrons. The molecule has 2 N–H and O–H groups in total. The molecule has 0 aromatic carbocycles. The maximum absolute atomic E-state index is 12.0. The second kappa shape index (κ2) is 8.67. The van der Waals surface area contributed by atoms with Crippen molar-refractivity contribution in [3.63, 3.8) is 0 Å². The van der Waals surface area contributed by atoms with Crippen LogP contribution >= 0.6 is 15.9 Å². The highest BCUT2D eigenvalue weighted by Crippen LogP contribution is 2.05. The quantitative estimate of drug-likeness (QED) is 0.716. The summed E-state index contributed by atoms with van der Waals surface area (Å²) >= 11 is 3.16. The molecule has 1 aromatic heterocycles. The van der Waals surface area contributed by atoms with Crippen LogP contribution < -0.4 is 10.6 Å². The van der Waals surface area contributed by atoms with E-state index in [9.17, 15) is 9.59 Å². The molecule has 0 bridgehead atoms. The topological polar surface area (TPSA) is 93.2 Å². The fourth-order valence-corrected chi connectivity index (χ4v) is 1.82. The van der Waals surface area contributed by atoms with Crippen molar-refractivity contribution < 1.29 is 14.3 Å². The van der Waals surface area contributed by atoms with Gasteiger partial charge in [0.05, 0.1) is 24.5 Å². The van der Waals surface area contributed by atoms with Crippen LogP contribution in [-0.2, 0) is 4.74 Å². The maximum atomic E-state index is 12.0. The summed E-state index contributed by atoms with van der Waals surface area (Å²) in [6.45, 7) is 6.23. The highest BCUT2D eigenvalue weighted by atomic mass is 79.9. The van der Waals surface area contributed by atoms with Crippen molar-refractivity contribution in [1.82, 2.24) is 20.6 Å². The Kier molecular flexibility index (Phi) is 7.23. The number of nitrogens with one attached hydrogen (secondary N) is 2. The van der Waals surface area contributed by atoms with E-state index in [2.05, 4.69) is 36.5 Å². The summed E-state index contributed by atoms with van der Waals surface area (Å²) in [5.74, 6) is -0.358. The molecule has 7 nitrogen and oxygen atoms in total. The van der Waals surface area contributed by atoms with Gasteiger partial charge < -0.3 is 15.4 Å². The van der Waals surface area contributed by atoms with Crippen LogP contribution in [-0.4, -0.2) is 40.7 Å². The fraction of sp³-hybridized carbons (Fsp3) is 0.571. The lowest BCUT2D eigenvalue weighted by Crippen LogP contribution is -2.51. The second-order valence-electron chi connectivity index (χ2n) is 5.41. The van der Waals surface area contributed by atoms with Gasteiger partial charge in [-0.3, -0.25) is 9.78 Å². The average Bonchev–Trinajstić information content (AvgIpc) is 2.44. The van der Waals surface area contributed by atoms with Crippen molar-refractivity contribution in [2.45, 2.75) is 39.2 Å². The van der Waals surface area contributed by atoms with E-state index >= 15 is 0 Å². The molecule has 0 atom stereocenters. The lowest BCUT2D eigenvalue weighted by atomic mass is 10.1. The van der Waals surface area contributed by atoms with Crippen LogP contribution in [0.4, 0.5) is 4.79 Å². The molecule has 0 aliphatic heterocycles. The Morgan fingerprint density at radius 1 is 1.36 bits per heavy atom. The Bertz CT molecular complexity index is 523. The molecule has 1 rings (SSSR count). The van der Waals surface area contributed by atoms with Gasteiger partial charge in [0.1, 0.15) is 10.3 Å². The number of nitrogens with zero attached hydrogens (tertiary/aromatic N) is 2. The van der Waals surface area contributed by atoms with E-state index in [4.69, 9.17) is 4.74 Å². The van der Waals surface area contributed by atoms with E-state index < -0.39 is 11.6 Å². The lowest BCUT2D eigenvalue weighted by molar-refractivity contribution is 0.0930. The number of hydrogen-bond donors (Lipinski definition) is 2. The van der Waals surface area contributed by atoms with E-state index in [0.29, 0.717) is 11.2 Å². The molecule has 0 saturated heterocycles. The molecule has 8 heteroatoms. The molecule has 0 saturated carbocycles. The summed E-state index contributed by atoms with van der Waals surface area (Å²) in [6.07, 6.45) is 4.16. The zero-order valence-electron chi connectivity index (χ0n) is 13.0. The molecule has 22 heavy (non-hydrogen) atoms. The summed E-state index contributed by atoms with van der Waals surface area (Å²) in [4.78, 5) is 31.5. The fourth-order valence-electron chi connectivity index (χ4n) is 1.51. The zero-order chi connectivity index (χ0) is 16.6. The number of unbranched alkanes of at least 4 members (excludes halogenated alkanes) is 1. The van der Waals surface area contributed by atoms with E-state index in [-0.39, 0.29) is 18.1 Å². The van der Waals surface area contributed by atoms with Crippen LogP contribution in [0.2, 0.25) is 0 Å². The van der Waals surface area contributed by atoms with Crippen LogP contribution in [0.3, 0.4) is 0 Å². The third-order valence-electron chi connectivity index (χ3n) is 2.70. The van der Waals surface area contributed by atoms with Gasteiger partial charge in [0.2, 0.25) is 0 Å². The number of carbonyl (C=O) groups is 2. The van der Waals surface area contributed by atoms with Crippen molar-refractivity contribution >= 4 is 27.9 Å². The third kappa shape index (κ3) is 6.84. The SMILES string of the molecule is CCCCOC(=O)NC(C)(C)CNC(=O)c1cncc(Br)n1. The first kappa shape index (κ1) is 18.3. The van der Waals surface area contributed by atoms with E-state index in [1.165, 1.54) is 12.4 Å². The molecule has 0 aliphatic rings. The number of amides is 2. The molecule has 0 fully saturated rings. The first-order chi connectivity index (χ1) is 10.3. The smallest absolute Gasteiger partial charge is 0.407 e. The normalized spacial score (nSPS) is 10.9. The summed E-state index contributed by atoms with van der Waals surface area (Å²) in [7, 11) is 0. The average molecular weight is 373 g/mol. The molecular weight excluding hydrogens is 352 g/mol. The number of aromatic nitrogens is 2. The van der Waals surface area contributed by atoms with E-state index in [0.717, 1.165) is 12.8 Å². The van der Waals surface area contributed by atoms with Crippen LogP contribution in [0, 0.1) is 0 Å². The van der Waals surface area contributed by atoms with Gasteiger partial charge in [0, 0.05) is 6.54 Å². The number of halogens is 1. The summed E-state index contributed by atoms with van der Waals surface area (Å²) in [5, 5.41) is 5.42. The first-order valence-corrected chi connectivity index (χ1v) is 7.84. The van der Waals surface area contributed by atoms with Gasteiger partial charge in [-0.25, -0.2) is 9.78 Å². The molecule has 0 aliphatic carbocycles. The minimum Gasteiger partial charge on any atom is -0.450 e. The second-order valence-corrected chi connectivity index (χ2v) is 6.22. The number of alkyl carbamates (subject to hydrolysis) is 1. The predicted molar refractivity (Wildman–Crippen MR) is 85.5 cm³/mol. The Morgan fingerprint density at radius 3 is 2.73 bits per heavy atom. The summed E-state index contributed by atoms with van der Waals surface area (Å²) in [5.41, 5.74) is -0.436. The van der Waals surface area contributed by atoms with Gasteiger partial charge >= 0.3 is 6.09 Å². The molecule has 0 unspecified atom stereocenters. The molecule has 0 spiro atoms. The van der Waals surface area contributed by atoms with Gasteiger partial charge in [-0.2, -0.15) is 0 Å². The van der Waals surface area contributed by atoms with Gasteiger partial charge in [0.15, 0.2) is 0 Å². The monoisotopic (exact) mass is 372 g/mol. The number of rotatable bonds is 7. The van der Waals surface area contributed by atoms with Gasteiger partial charge in [0.25, 0.3) is 5.91 Å². The third-order valence-corrected chi connectivity index (χ3v) is 3.08. The Hall–Kier alpha value is -1.70.